The zero-order valence-corrected chi connectivity index (χ0v) is 19.2. The van der Waals surface area contributed by atoms with E-state index in [0.29, 0.717) is 37.6 Å². The van der Waals surface area contributed by atoms with E-state index >= 15 is 4.39 Å². The van der Waals surface area contributed by atoms with Gasteiger partial charge in [0.05, 0.1) is 0 Å². The normalized spacial score (nSPS) is 17.1. The van der Waals surface area contributed by atoms with Crippen LogP contribution < -0.4 is 10.9 Å². The van der Waals surface area contributed by atoms with Crippen molar-refractivity contribution in [1.29, 1.82) is 0 Å². The number of hydrogen-bond donors (Lipinski definition) is 2. The number of aromatic nitrogens is 3. The number of halogens is 1. The molecule has 3 aromatic rings. The van der Waals surface area contributed by atoms with Crippen LogP contribution >= 0.6 is 0 Å². The number of nitrogens with two attached hydrogens (primary N) is 2. The molecule has 4 N–H and O–H groups in total. The van der Waals surface area contributed by atoms with Crippen molar-refractivity contribution in [2.24, 2.45) is 5.14 Å². The van der Waals surface area contributed by atoms with Gasteiger partial charge in [-0.2, -0.15) is 0 Å². The molecule has 1 fully saturated rings. The third kappa shape index (κ3) is 4.48. The van der Waals surface area contributed by atoms with Crippen molar-refractivity contribution in [3.8, 4) is 22.7 Å². The highest BCUT2D eigenvalue weighted by molar-refractivity contribution is 7.89. The first-order chi connectivity index (χ1) is 15.6. The summed E-state index contributed by atoms with van der Waals surface area (Å²) in [5, 5.41) is 4.18. The fourth-order valence-electron chi connectivity index (χ4n) is 4.08. The van der Waals surface area contributed by atoms with Crippen molar-refractivity contribution in [3.05, 3.63) is 47.7 Å². The zero-order valence-electron chi connectivity index (χ0n) is 18.4. The summed E-state index contributed by atoms with van der Waals surface area (Å²) in [6.45, 7) is 4.77. The molecule has 1 aliphatic heterocycles. The molecule has 11 heteroatoms. The smallest absolute Gasteiger partial charge is 0.220 e. The second kappa shape index (κ2) is 8.81. The van der Waals surface area contributed by atoms with Crippen molar-refractivity contribution in [2.75, 3.05) is 18.9 Å². The molecule has 1 aliphatic rings. The Labute approximate surface area is 191 Å². The van der Waals surface area contributed by atoms with Gasteiger partial charge in [-0.05, 0) is 31.4 Å². The van der Waals surface area contributed by atoms with Gasteiger partial charge in [0.1, 0.15) is 22.5 Å². The second-order valence-electron chi connectivity index (χ2n) is 8.36. The van der Waals surface area contributed by atoms with Crippen LogP contribution in [0.15, 0.2) is 34.9 Å². The Bertz CT molecular complexity index is 1270. The zero-order chi connectivity index (χ0) is 23.8. The average molecular weight is 476 g/mol. The number of benzene rings is 1. The average Bonchev–Trinajstić information content (AvgIpc) is 3.21. The van der Waals surface area contributed by atoms with Crippen LogP contribution in [-0.4, -0.2) is 36.6 Å². The summed E-state index contributed by atoms with van der Waals surface area (Å²) in [4.78, 5) is 12.8. The topological polar surface area (TPSA) is 147 Å². The minimum Gasteiger partial charge on any atom is -0.438 e. The van der Waals surface area contributed by atoms with Crippen LogP contribution in [0.4, 0.5) is 10.3 Å². The van der Waals surface area contributed by atoms with E-state index in [4.69, 9.17) is 20.0 Å². The third-order valence-electron chi connectivity index (χ3n) is 6.04. The summed E-state index contributed by atoms with van der Waals surface area (Å²) in [5.74, 6) is -0.0374. The van der Waals surface area contributed by atoms with E-state index < -0.39 is 26.5 Å². The Morgan fingerprint density at radius 1 is 1.21 bits per heavy atom. The van der Waals surface area contributed by atoms with Gasteiger partial charge in [-0.15, -0.1) is 0 Å². The van der Waals surface area contributed by atoms with Gasteiger partial charge in [-0.25, -0.2) is 32.9 Å². The minimum atomic E-state index is -4.01. The standard InChI is InChI=1S/C22H26FN5O4S/c1-3-16(33(25,29)30)13-5-4-6-14(17(13)23)18-19(15-7-10-26-21(24)27-15)32-20(28-18)22(2)8-11-31-12-9-22/h4-7,10,16H,3,8-9,11-12H2,1-2H3,(H2,24,26,27)(H2,25,29,30). The number of hydrogen-bond acceptors (Lipinski definition) is 8. The van der Waals surface area contributed by atoms with Crippen LogP contribution in [0.5, 0.6) is 0 Å². The molecule has 0 spiro atoms. The first-order valence-electron chi connectivity index (χ1n) is 10.6. The number of ether oxygens (including phenoxy) is 1. The van der Waals surface area contributed by atoms with E-state index in [2.05, 4.69) is 15.0 Å². The molecule has 1 unspecified atom stereocenters. The number of rotatable bonds is 6. The fraction of sp³-hybridized carbons (Fsp3) is 0.409. The lowest BCUT2D eigenvalue weighted by molar-refractivity contribution is 0.0472. The number of anilines is 1. The Balaban J connectivity index is 1.93. The summed E-state index contributed by atoms with van der Waals surface area (Å²) < 4.78 is 51.6. The number of oxazole rings is 1. The maximum atomic E-state index is 15.8. The van der Waals surface area contributed by atoms with E-state index in [-0.39, 0.29) is 35.0 Å². The molecule has 9 nitrogen and oxygen atoms in total. The lowest BCUT2D eigenvalue weighted by Crippen LogP contribution is -2.30. The number of sulfonamides is 1. The molecule has 1 saturated heterocycles. The van der Waals surface area contributed by atoms with E-state index in [9.17, 15) is 8.42 Å². The van der Waals surface area contributed by atoms with E-state index in [1.807, 2.05) is 6.92 Å². The van der Waals surface area contributed by atoms with Gasteiger partial charge in [0.15, 0.2) is 5.76 Å². The molecule has 4 rings (SSSR count). The van der Waals surface area contributed by atoms with Crippen molar-refractivity contribution in [3.63, 3.8) is 0 Å². The van der Waals surface area contributed by atoms with E-state index in [1.165, 1.54) is 18.3 Å². The molecule has 0 bridgehead atoms. The Morgan fingerprint density at radius 2 is 1.94 bits per heavy atom. The third-order valence-corrected chi connectivity index (χ3v) is 7.43. The number of nitrogen functional groups attached to an aromatic ring is 1. The van der Waals surface area contributed by atoms with Crippen LogP contribution in [0.25, 0.3) is 22.7 Å². The molecule has 1 atom stereocenters. The van der Waals surface area contributed by atoms with Gasteiger partial charge in [-0.3, -0.25) is 0 Å². The summed E-state index contributed by atoms with van der Waals surface area (Å²) in [6.07, 6.45) is 2.96. The monoisotopic (exact) mass is 475 g/mol. The van der Waals surface area contributed by atoms with Crippen LogP contribution in [-0.2, 0) is 20.2 Å². The summed E-state index contributed by atoms with van der Waals surface area (Å²) in [5.41, 5.74) is 5.97. The Kier molecular flexibility index (Phi) is 6.21. The molecular weight excluding hydrogens is 449 g/mol. The number of nitrogens with zero attached hydrogens (tertiary/aromatic N) is 3. The number of primary sulfonamides is 1. The van der Waals surface area contributed by atoms with E-state index in [0.717, 1.165) is 0 Å². The molecule has 2 aromatic heterocycles. The molecule has 0 radical (unpaired) electrons. The molecule has 1 aromatic carbocycles. The first-order valence-corrected chi connectivity index (χ1v) is 12.2. The Hall–Kier alpha value is -2.89. The highest BCUT2D eigenvalue weighted by Gasteiger charge is 2.37. The van der Waals surface area contributed by atoms with Gasteiger partial charge >= 0.3 is 0 Å². The van der Waals surface area contributed by atoms with Gasteiger partial charge in [0.2, 0.25) is 21.9 Å². The quantitative estimate of drug-likeness (QED) is 0.552. The molecule has 3 heterocycles. The molecular formula is C22H26FN5O4S. The van der Waals surface area contributed by atoms with Crippen molar-refractivity contribution in [2.45, 2.75) is 43.8 Å². The highest BCUT2D eigenvalue weighted by Crippen LogP contribution is 2.41. The van der Waals surface area contributed by atoms with Gasteiger partial charge in [-0.1, -0.05) is 26.0 Å². The summed E-state index contributed by atoms with van der Waals surface area (Å²) in [7, 11) is -4.01. The molecule has 176 valence electrons. The minimum absolute atomic E-state index is 0.0209. The van der Waals surface area contributed by atoms with Gasteiger partial charge in [0.25, 0.3) is 0 Å². The Morgan fingerprint density at radius 3 is 2.58 bits per heavy atom. The van der Waals surface area contributed by atoms with Gasteiger partial charge in [0, 0.05) is 36.0 Å². The van der Waals surface area contributed by atoms with Crippen LogP contribution in [0, 0.1) is 5.82 Å². The molecule has 33 heavy (non-hydrogen) atoms. The van der Waals surface area contributed by atoms with E-state index in [1.54, 1.807) is 19.1 Å². The maximum absolute atomic E-state index is 15.8. The van der Waals surface area contributed by atoms with Crippen molar-refractivity contribution < 1.29 is 22.0 Å². The first kappa shape index (κ1) is 23.3. The van der Waals surface area contributed by atoms with Gasteiger partial charge < -0.3 is 14.9 Å². The predicted octanol–water partition coefficient (Wildman–Crippen LogP) is 3.33. The molecule has 0 aliphatic carbocycles. The predicted molar refractivity (Wildman–Crippen MR) is 121 cm³/mol. The van der Waals surface area contributed by atoms with Crippen LogP contribution in [0.3, 0.4) is 0 Å². The molecule has 0 saturated carbocycles. The SMILES string of the molecule is CCC(c1cccc(-c2nc(C3(C)CCOCC3)oc2-c2ccnc(N)n2)c1F)S(N)(=O)=O. The largest absolute Gasteiger partial charge is 0.438 e. The highest BCUT2D eigenvalue weighted by atomic mass is 32.2. The van der Waals surface area contributed by atoms with Crippen molar-refractivity contribution >= 4 is 16.0 Å². The lowest BCUT2D eigenvalue weighted by Gasteiger charge is -2.30. The fourth-order valence-corrected chi connectivity index (χ4v) is 5.08. The summed E-state index contributed by atoms with van der Waals surface area (Å²) >= 11 is 0. The summed E-state index contributed by atoms with van der Waals surface area (Å²) in [6, 6.07) is 6.11. The van der Waals surface area contributed by atoms with Crippen LogP contribution in [0.2, 0.25) is 0 Å². The molecule has 0 amide bonds. The van der Waals surface area contributed by atoms with Crippen LogP contribution in [0.1, 0.15) is 49.8 Å². The lowest BCUT2D eigenvalue weighted by atomic mass is 9.82. The second-order valence-corrected chi connectivity index (χ2v) is 10.1. The van der Waals surface area contributed by atoms with Crippen molar-refractivity contribution in [1.82, 2.24) is 15.0 Å². The maximum Gasteiger partial charge on any atom is 0.220 e.